The third-order valence-electron chi connectivity index (χ3n) is 5.33. The minimum Gasteiger partial charge on any atom is -0.381 e. The van der Waals surface area contributed by atoms with Crippen molar-refractivity contribution in [2.75, 3.05) is 33.4 Å². The Morgan fingerprint density at radius 2 is 1.89 bits per heavy atom. The maximum atomic E-state index is 5.80. The second kappa shape index (κ2) is 11.0. The van der Waals surface area contributed by atoms with Crippen molar-refractivity contribution in [3.63, 3.8) is 0 Å². The topological polar surface area (TPSA) is 54.9 Å². The predicted molar refractivity (Wildman–Crippen MR) is 127 cm³/mol. The zero-order valence-electron chi connectivity index (χ0n) is 17.0. The number of rotatable bonds is 6. The van der Waals surface area contributed by atoms with E-state index in [4.69, 9.17) is 14.5 Å². The molecule has 0 amide bonds. The molecule has 2 N–H and O–H groups in total. The van der Waals surface area contributed by atoms with Crippen molar-refractivity contribution < 1.29 is 9.47 Å². The third-order valence-corrected chi connectivity index (χ3v) is 5.33. The van der Waals surface area contributed by atoms with Gasteiger partial charge in [-0.05, 0) is 36.2 Å². The van der Waals surface area contributed by atoms with E-state index in [0.717, 1.165) is 38.6 Å². The van der Waals surface area contributed by atoms with Gasteiger partial charge in [-0.1, -0.05) is 36.4 Å². The molecule has 1 fully saturated rings. The van der Waals surface area contributed by atoms with E-state index in [1.165, 1.54) is 16.3 Å². The average Bonchev–Trinajstić information content (AvgIpc) is 2.72. The smallest absolute Gasteiger partial charge is 0.191 e. The van der Waals surface area contributed by atoms with Crippen molar-refractivity contribution in [2.24, 2.45) is 4.99 Å². The number of nitrogens with zero attached hydrogens (tertiary/aromatic N) is 1. The summed E-state index contributed by atoms with van der Waals surface area (Å²) >= 11 is 0. The van der Waals surface area contributed by atoms with Gasteiger partial charge in [-0.25, -0.2) is 0 Å². The number of halogens is 1. The maximum Gasteiger partial charge on any atom is 0.191 e. The molecule has 0 bridgehead atoms. The normalized spacial score (nSPS) is 17.6. The summed E-state index contributed by atoms with van der Waals surface area (Å²) in [6, 6.07) is 15.2. The molecule has 0 spiro atoms. The molecule has 0 aliphatic carbocycles. The number of hydrogen-bond acceptors (Lipinski definition) is 3. The van der Waals surface area contributed by atoms with Crippen LogP contribution in [0.5, 0.6) is 0 Å². The van der Waals surface area contributed by atoms with Crippen molar-refractivity contribution in [1.82, 2.24) is 10.6 Å². The Kier molecular flexibility index (Phi) is 8.98. The Bertz CT molecular complexity index is 775. The van der Waals surface area contributed by atoms with Crippen LogP contribution in [0.4, 0.5) is 0 Å². The number of hydrogen-bond donors (Lipinski definition) is 2. The van der Waals surface area contributed by atoms with Crippen LogP contribution in [0.15, 0.2) is 47.5 Å². The molecule has 1 aliphatic heterocycles. The quantitative estimate of drug-likeness (QED) is 0.356. The molecule has 1 heterocycles. The van der Waals surface area contributed by atoms with Gasteiger partial charge in [0, 0.05) is 39.7 Å². The lowest BCUT2D eigenvalue weighted by atomic mass is 9.94. The molecule has 1 unspecified atom stereocenters. The van der Waals surface area contributed by atoms with Gasteiger partial charge >= 0.3 is 0 Å². The van der Waals surface area contributed by atoms with E-state index in [1.54, 1.807) is 7.11 Å². The van der Waals surface area contributed by atoms with Gasteiger partial charge in [0.15, 0.2) is 5.96 Å². The van der Waals surface area contributed by atoms with E-state index in [9.17, 15) is 0 Å². The fraction of sp³-hybridized carbons (Fsp3) is 0.500. The standard InChI is InChI=1S/C22H31N3O2.HI/c1-4-23-21(24-16-22(26-3)11-13-27-14-12-22)25-17(2)19-10-9-18-7-5-6-8-20(18)15-19;/h5-10,15,17H,4,11-14,16H2,1-3H3,(H2,23,24,25);1H. The molecule has 0 aromatic heterocycles. The molecule has 1 saturated heterocycles. The largest absolute Gasteiger partial charge is 0.381 e. The predicted octanol–water partition coefficient (Wildman–Crippen LogP) is 4.27. The van der Waals surface area contributed by atoms with Crippen molar-refractivity contribution in [3.8, 4) is 0 Å². The van der Waals surface area contributed by atoms with Gasteiger partial charge in [-0.3, -0.25) is 4.99 Å². The van der Waals surface area contributed by atoms with Crippen molar-refractivity contribution in [1.29, 1.82) is 0 Å². The van der Waals surface area contributed by atoms with Crippen LogP contribution in [0, 0.1) is 0 Å². The Balaban J connectivity index is 0.00000280. The van der Waals surface area contributed by atoms with E-state index >= 15 is 0 Å². The molecule has 0 radical (unpaired) electrons. The summed E-state index contributed by atoms with van der Waals surface area (Å²) in [6.07, 6.45) is 1.76. The SMILES string of the molecule is CCNC(=NCC1(OC)CCOCC1)NC(C)c1ccc2ccccc2c1.I. The summed E-state index contributed by atoms with van der Waals surface area (Å²) in [5, 5.41) is 9.40. The molecule has 0 saturated carbocycles. The van der Waals surface area contributed by atoms with E-state index in [0.29, 0.717) is 6.54 Å². The number of nitrogens with one attached hydrogen (secondary N) is 2. The maximum absolute atomic E-state index is 5.80. The molecule has 28 heavy (non-hydrogen) atoms. The second-order valence-electron chi connectivity index (χ2n) is 7.17. The number of methoxy groups -OCH3 is 1. The highest BCUT2D eigenvalue weighted by molar-refractivity contribution is 14.0. The third kappa shape index (κ3) is 5.81. The van der Waals surface area contributed by atoms with Crippen LogP contribution in [0.1, 0.15) is 38.3 Å². The van der Waals surface area contributed by atoms with Crippen LogP contribution < -0.4 is 10.6 Å². The zero-order chi connectivity index (χ0) is 19.1. The van der Waals surface area contributed by atoms with E-state index in [1.807, 2.05) is 0 Å². The molecule has 3 rings (SSSR count). The number of fused-ring (bicyclic) bond motifs is 1. The van der Waals surface area contributed by atoms with Gasteiger partial charge < -0.3 is 20.1 Å². The summed E-state index contributed by atoms with van der Waals surface area (Å²) in [5.74, 6) is 0.820. The molecule has 154 valence electrons. The highest BCUT2D eigenvalue weighted by atomic mass is 127. The summed E-state index contributed by atoms with van der Waals surface area (Å²) < 4.78 is 11.3. The summed E-state index contributed by atoms with van der Waals surface area (Å²) in [4.78, 5) is 4.82. The molecule has 6 heteroatoms. The molecule has 2 aromatic rings. The first kappa shape index (κ1) is 22.9. The summed E-state index contributed by atoms with van der Waals surface area (Å²) in [7, 11) is 1.78. The monoisotopic (exact) mass is 497 g/mol. The van der Waals surface area contributed by atoms with Crippen LogP contribution in [0.25, 0.3) is 10.8 Å². The Morgan fingerprint density at radius 1 is 1.18 bits per heavy atom. The lowest BCUT2D eigenvalue weighted by molar-refractivity contribution is -0.0828. The fourth-order valence-corrected chi connectivity index (χ4v) is 3.48. The molecular formula is C22H32IN3O2. The molecule has 1 atom stereocenters. The molecular weight excluding hydrogens is 465 g/mol. The second-order valence-corrected chi connectivity index (χ2v) is 7.17. The lowest BCUT2D eigenvalue weighted by Crippen LogP contribution is -2.44. The van der Waals surface area contributed by atoms with Crippen molar-refractivity contribution in [2.45, 2.75) is 38.3 Å². The minimum absolute atomic E-state index is 0. The van der Waals surface area contributed by atoms with Gasteiger partial charge in [0.1, 0.15) is 0 Å². The van der Waals surface area contributed by atoms with E-state index < -0.39 is 0 Å². The van der Waals surface area contributed by atoms with Crippen LogP contribution in [-0.4, -0.2) is 45.0 Å². The van der Waals surface area contributed by atoms with Gasteiger partial charge in [0.25, 0.3) is 0 Å². The van der Waals surface area contributed by atoms with Crippen LogP contribution in [-0.2, 0) is 9.47 Å². The van der Waals surface area contributed by atoms with Crippen molar-refractivity contribution >= 4 is 40.7 Å². The first-order chi connectivity index (χ1) is 13.2. The van der Waals surface area contributed by atoms with Crippen molar-refractivity contribution in [3.05, 3.63) is 48.0 Å². The van der Waals surface area contributed by atoms with Gasteiger partial charge in [0.2, 0.25) is 0 Å². The highest BCUT2D eigenvalue weighted by Gasteiger charge is 2.32. The van der Waals surface area contributed by atoms with E-state index in [2.05, 4.69) is 66.9 Å². The van der Waals surface area contributed by atoms with Gasteiger partial charge in [0.05, 0.1) is 18.2 Å². The minimum atomic E-state index is -0.215. The average molecular weight is 497 g/mol. The summed E-state index contributed by atoms with van der Waals surface area (Å²) in [5.41, 5.74) is 1.03. The van der Waals surface area contributed by atoms with Crippen LogP contribution >= 0.6 is 24.0 Å². The number of aliphatic imine (C=N–C) groups is 1. The van der Waals surface area contributed by atoms with Gasteiger partial charge in [-0.2, -0.15) is 0 Å². The molecule has 2 aromatic carbocycles. The number of ether oxygens (including phenoxy) is 2. The number of guanidine groups is 1. The highest BCUT2D eigenvalue weighted by Crippen LogP contribution is 2.25. The Morgan fingerprint density at radius 3 is 2.57 bits per heavy atom. The van der Waals surface area contributed by atoms with Crippen LogP contribution in [0.2, 0.25) is 0 Å². The fourth-order valence-electron chi connectivity index (χ4n) is 3.48. The number of benzene rings is 2. The molecule has 1 aliphatic rings. The Hall–Kier alpha value is -1.38. The molecule has 5 nitrogen and oxygen atoms in total. The van der Waals surface area contributed by atoms with Crippen LogP contribution in [0.3, 0.4) is 0 Å². The van der Waals surface area contributed by atoms with Gasteiger partial charge in [-0.15, -0.1) is 24.0 Å². The first-order valence-electron chi connectivity index (χ1n) is 9.82. The summed E-state index contributed by atoms with van der Waals surface area (Å²) in [6.45, 7) is 7.17. The van der Waals surface area contributed by atoms with E-state index in [-0.39, 0.29) is 35.6 Å². The lowest BCUT2D eigenvalue weighted by Gasteiger charge is -2.34. The Labute approximate surface area is 185 Å². The first-order valence-corrected chi connectivity index (χ1v) is 9.82. The zero-order valence-corrected chi connectivity index (χ0v) is 19.4.